The van der Waals surface area contributed by atoms with Crippen LogP contribution in [-0.2, 0) is 50.2 Å². The van der Waals surface area contributed by atoms with Crippen LogP contribution in [0.5, 0.6) is 0 Å². The quantitative estimate of drug-likeness (QED) is 0.00962. The van der Waals surface area contributed by atoms with Crippen molar-refractivity contribution in [3.05, 3.63) is 168 Å². The van der Waals surface area contributed by atoms with Gasteiger partial charge in [-0.1, -0.05) is 268 Å². The van der Waals surface area contributed by atoms with E-state index < -0.39 is 6.09 Å². The van der Waals surface area contributed by atoms with Crippen molar-refractivity contribution in [3.63, 3.8) is 0 Å². The second-order valence-corrected chi connectivity index (χ2v) is 39.4. The first-order valence-electron chi connectivity index (χ1n) is 53.1. The van der Waals surface area contributed by atoms with Crippen LogP contribution in [0.3, 0.4) is 0 Å². The molecule has 6 aromatic rings. The van der Waals surface area contributed by atoms with Gasteiger partial charge in [-0.2, -0.15) is 0 Å². The third-order valence-corrected chi connectivity index (χ3v) is 28.9. The lowest BCUT2D eigenvalue weighted by molar-refractivity contribution is -0.121. The lowest BCUT2D eigenvalue weighted by Gasteiger charge is -2.35. The Bertz CT molecular complexity index is 3430. The second kappa shape index (κ2) is 76.6. The van der Waals surface area contributed by atoms with Crippen molar-refractivity contribution in [1.29, 1.82) is 0 Å². The number of hydrogen-bond acceptors (Lipinski definition) is 15. The molecule has 0 aliphatic rings. The number of aliphatic hydroxyl groups is 9. The predicted octanol–water partition coefficient (Wildman–Crippen LogP) is 25.7. The first-order chi connectivity index (χ1) is 65.3. The molecular weight excluding hydrogens is 1660 g/mol. The number of unbranched alkanes of at least 4 members (excludes halogenated alkanes) is 19. The van der Waals surface area contributed by atoms with Crippen LogP contribution < -0.4 is 10.6 Å². The minimum Gasteiger partial charge on any atom is -0.445 e. The minimum atomic E-state index is -0.414. The Kier molecular flexibility index (Phi) is 67.5. The summed E-state index contributed by atoms with van der Waals surface area (Å²) in [6, 6.07) is 49.8. The molecule has 750 valence electrons. The maximum Gasteiger partial charge on any atom is 0.407 e. The van der Waals surface area contributed by atoms with E-state index in [9.17, 15) is 55.5 Å². The van der Waals surface area contributed by atoms with Gasteiger partial charge in [0.05, 0.1) is 19.8 Å². The van der Waals surface area contributed by atoms with Gasteiger partial charge in [-0.05, 0) is 296 Å². The topological polar surface area (TPSA) is 277 Å². The Morgan fingerprint density at radius 2 is 0.519 bits per heavy atom. The highest BCUT2D eigenvalue weighted by atomic mass is 16.5. The summed E-state index contributed by atoms with van der Waals surface area (Å²) in [5.74, 6) is 2.99. The van der Waals surface area contributed by atoms with Crippen LogP contribution in [0.2, 0.25) is 0 Å². The molecule has 6 aromatic carbocycles. The van der Waals surface area contributed by atoms with E-state index in [1.54, 1.807) is 0 Å². The summed E-state index contributed by atoms with van der Waals surface area (Å²) in [6.45, 7) is 7.26. The average Bonchev–Trinajstić information content (AvgIpc) is 0.775. The van der Waals surface area contributed by atoms with E-state index in [4.69, 9.17) is 25.4 Å². The number of rotatable bonds is 87. The fourth-order valence-electron chi connectivity index (χ4n) is 21.4. The molecular formula is C116H186N2O15. The molecule has 0 fully saturated rings. The van der Waals surface area contributed by atoms with Gasteiger partial charge in [0, 0.05) is 111 Å². The zero-order chi connectivity index (χ0) is 95.2. The molecule has 0 aromatic heterocycles. The van der Waals surface area contributed by atoms with Crippen LogP contribution in [-0.4, -0.2) is 150 Å². The summed E-state index contributed by atoms with van der Waals surface area (Å²) < 4.78 is 23.9. The van der Waals surface area contributed by atoms with Crippen LogP contribution in [0.4, 0.5) is 4.79 Å². The zero-order valence-electron chi connectivity index (χ0n) is 82.9. The van der Waals surface area contributed by atoms with Crippen LogP contribution in [0.15, 0.2) is 146 Å². The molecule has 0 saturated carbocycles. The highest BCUT2D eigenvalue weighted by Gasteiger charge is 2.34. The van der Waals surface area contributed by atoms with Gasteiger partial charge in [-0.3, -0.25) is 4.79 Å². The van der Waals surface area contributed by atoms with Gasteiger partial charge in [0.25, 0.3) is 0 Å². The highest BCUT2D eigenvalue weighted by molar-refractivity contribution is 6.02. The predicted molar refractivity (Wildman–Crippen MR) is 549 cm³/mol. The SMILES string of the molecule is C#CCCCC(CCCOCc1ccccc1)(CCCOCc1ccccc1)CCCOCc1ccccc1.O=C(CCC(CCCCCCCCC(CCCO)(CCCO)CCCO)(CCCCCCCCC(CCCO)(CCCO)CCCO)CCCCCCCCC(CCCO)(CCCO)CCCO)NCCCCCCNC(=O)OCc1c2ccccc2cc2ccccc12. The molecule has 0 spiro atoms. The van der Waals surface area contributed by atoms with E-state index in [0.29, 0.717) is 39.3 Å². The molecule has 0 unspecified atom stereocenters. The van der Waals surface area contributed by atoms with E-state index >= 15 is 0 Å². The molecule has 0 aliphatic heterocycles. The van der Waals surface area contributed by atoms with Gasteiger partial charge in [0.15, 0.2) is 0 Å². The number of carbonyl (C=O) groups is 2. The molecule has 2 amide bonds. The summed E-state index contributed by atoms with van der Waals surface area (Å²) in [5, 5.41) is 98.4. The third-order valence-electron chi connectivity index (χ3n) is 28.9. The van der Waals surface area contributed by atoms with E-state index in [0.717, 1.165) is 349 Å². The molecule has 11 N–H and O–H groups in total. The molecule has 17 heteroatoms. The first kappa shape index (κ1) is 117. The van der Waals surface area contributed by atoms with Crippen molar-refractivity contribution in [2.75, 3.05) is 92.4 Å². The van der Waals surface area contributed by atoms with E-state index in [1.165, 1.54) is 74.5 Å². The number of hydrogen-bond donors (Lipinski definition) is 11. The van der Waals surface area contributed by atoms with Crippen LogP contribution in [0.25, 0.3) is 21.5 Å². The van der Waals surface area contributed by atoms with Crippen molar-refractivity contribution in [1.82, 2.24) is 10.6 Å². The van der Waals surface area contributed by atoms with E-state index in [-0.39, 0.29) is 99.1 Å². The monoisotopic (exact) mass is 1850 g/mol. The largest absolute Gasteiger partial charge is 0.445 e. The Labute approximate surface area is 806 Å². The summed E-state index contributed by atoms with van der Waals surface area (Å²) in [7, 11) is 0. The number of alkyl carbamates (subject to hydrolysis) is 1. The number of carbonyl (C=O) groups excluding carboxylic acids is 2. The number of fused-ring (bicyclic) bond motifs is 2. The minimum absolute atomic E-state index is 0.0647. The van der Waals surface area contributed by atoms with Gasteiger partial charge in [0.1, 0.15) is 6.61 Å². The average molecular weight is 1850 g/mol. The number of terminal acetylenes is 1. The zero-order valence-corrected chi connectivity index (χ0v) is 82.9. The first-order valence-corrected chi connectivity index (χ1v) is 53.1. The maximum absolute atomic E-state index is 13.9. The number of amides is 2. The van der Waals surface area contributed by atoms with Crippen molar-refractivity contribution >= 4 is 33.5 Å². The van der Waals surface area contributed by atoms with E-state index in [1.807, 2.05) is 42.5 Å². The van der Waals surface area contributed by atoms with E-state index in [2.05, 4.69) is 120 Å². The molecule has 0 bridgehead atoms. The fourth-order valence-corrected chi connectivity index (χ4v) is 21.4. The van der Waals surface area contributed by atoms with Crippen molar-refractivity contribution in [2.45, 2.75) is 392 Å². The summed E-state index contributed by atoms with van der Waals surface area (Å²) in [5.41, 5.74) is 5.20. The van der Waals surface area contributed by atoms with Crippen molar-refractivity contribution in [2.24, 2.45) is 27.1 Å². The standard InChI is InChI=1S/C80H140N2O12.C36H46O3/c83-59-27-47-77(48-28-60-84,49-29-61-85)41-19-7-1-4-10-22-44-80(45-23-11-5-2-8-20-42-78(50-30-62-86,51-31-63-87)52-32-64-88,46-24-12-6-3-9-21-43-79(53-33-65-89,54-34-66-90)55-35-67-91)56-40-75(92)81-57-25-13-14-26-58-82-76(93)94-69-74-72-38-17-15-36-70(72)68-71-37-16-18-39-73(71)74;1-2-3-13-23-36(24-14-27-37-30-33-17-7-4-8-18-33,25-15-28-38-31-34-19-9-5-10-20-34)26-16-29-39-32-35-21-11-6-12-22-35/h15-18,36-39,68,83-91H,1-14,19-35,40-67,69H2,(H,81,92)(H,82,93);1,4-12,17-22H,3,13-16,23-32H2. The fraction of sp³-hybridized carbons (Fsp3) is 0.690. The molecule has 17 nitrogen and oxygen atoms in total. The number of benzene rings is 6. The summed E-state index contributed by atoms with van der Waals surface area (Å²) >= 11 is 0. The third kappa shape index (κ3) is 52.9. The number of ether oxygens (including phenoxy) is 4. The Morgan fingerprint density at radius 3 is 0.820 bits per heavy atom. The molecule has 0 atom stereocenters. The maximum atomic E-state index is 13.9. The molecule has 0 radical (unpaired) electrons. The molecule has 0 heterocycles. The number of aliphatic hydroxyl groups excluding tert-OH is 9. The highest BCUT2D eigenvalue weighted by Crippen LogP contribution is 2.46. The Balaban J connectivity index is 0.000000662. The number of nitrogens with one attached hydrogen (secondary N) is 2. The van der Waals surface area contributed by atoms with Gasteiger partial charge in [-0.15, -0.1) is 12.3 Å². The summed E-state index contributed by atoms with van der Waals surface area (Å²) in [6.07, 6.45) is 62.6. The summed E-state index contributed by atoms with van der Waals surface area (Å²) in [4.78, 5) is 26.8. The Morgan fingerprint density at radius 1 is 0.271 bits per heavy atom. The molecule has 0 saturated heterocycles. The smallest absolute Gasteiger partial charge is 0.407 e. The van der Waals surface area contributed by atoms with Crippen LogP contribution >= 0.6 is 0 Å². The van der Waals surface area contributed by atoms with Crippen molar-refractivity contribution < 1.29 is 74.5 Å². The van der Waals surface area contributed by atoms with Crippen LogP contribution in [0.1, 0.15) is 388 Å². The van der Waals surface area contributed by atoms with Crippen LogP contribution in [0, 0.1) is 39.4 Å². The van der Waals surface area contributed by atoms with Gasteiger partial charge < -0.3 is 75.5 Å². The lowest BCUT2D eigenvalue weighted by atomic mass is 9.70. The second-order valence-electron chi connectivity index (χ2n) is 39.4. The molecule has 0 aliphatic carbocycles. The Hall–Kier alpha value is -6.34. The molecule has 133 heavy (non-hydrogen) atoms. The van der Waals surface area contributed by atoms with Gasteiger partial charge in [-0.25, -0.2) is 4.79 Å². The van der Waals surface area contributed by atoms with Gasteiger partial charge in [0.2, 0.25) is 5.91 Å². The normalized spacial score (nSPS) is 12.1. The van der Waals surface area contributed by atoms with Crippen molar-refractivity contribution in [3.8, 4) is 12.3 Å². The van der Waals surface area contributed by atoms with Gasteiger partial charge >= 0.3 is 6.09 Å². The lowest BCUT2D eigenvalue weighted by Crippen LogP contribution is -2.28. The molecule has 6 rings (SSSR count).